The van der Waals surface area contributed by atoms with Gasteiger partial charge in [-0.25, -0.2) is 12.7 Å². The van der Waals surface area contributed by atoms with E-state index in [-0.39, 0.29) is 92.9 Å². The average molecular weight is 876 g/mol. The molecule has 4 heterocycles. The highest BCUT2D eigenvalue weighted by Gasteiger charge is 2.55. The lowest BCUT2D eigenvalue weighted by Crippen LogP contribution is -2.54. The van der Waals surface area contributed by atoms with Crippen molar-refractivity contribution in [2.45, 2.75) is 126 Å². The molecule has 0 spiro atoms. The van der Waals surface area contributed by atoms with Crippen LogP contribution in [0.1, 0.15) is 103 Å². The van der Waals surface area contributed by atoms with E-state index in [0.29, 0.717) is 57.0 Å². The number of sulfonamides is 1. The first-order valence-corrected chi connectivity index (χ1v) is 24.7. The molecule has 19 heteroatoms. The number of imide groups is 2. The van der Waals surface area contributed by atoms with E-state index in [1.165, 1.54) is 36.4 Å². The van der Waals surface area contributed by atoms with E-state index < -0.39 is 51.7 Å². The predicted molar refractivity (Wildman–Crippen MR) is 221 cm³/mol. The number of amides is 7. The molecule has 5 N–H and O–H groups in total. The minimum atomic E-state index is -3.42. The summed E-state index contributed by atoms with van der Waals surface area (Å²) in [7, 11) is -3.42. The SMILES string of the molecule is CS(=O)(=O)N1CCC(C(=O)N[C@@H](CCOCCCC(=O)NCCCC#CC2CCCC3C(=O)N(C4CCC(=O)NC4=O)C(=O)C23)C(=O)NC2NC(C3CCCCC3)CS2)C1. The van der Waals surface area contributed by atoms with Gasteiger partial charge in [0.05, 0.1) is 24.0 Å². The lowest BCUT2D eigenvalue weighted by molar-refractivity contribution is -0.151. The first-order chi connectivity index (χ1) is 28.8. The van der Waals surface area contributed by atoms with Crippen LogP contribution in [0.5, 0.6) is 0 Å². The fraction of sp³-hybridized carbons (Fsp3) is 0.780. The average Bonchev–Trinajstić information content (AvgIpc) is 3.97. The van der Waals surface area contributed by atoms with Gasteiger partial charge in [-0.2, -0.15) is 0 Å². The maximum absolute atomic E-state index is 13.5. The Hall–Kier alpha value is -3.57. The number of nitrogens with one attached hydrogen (secondary N) is 5. The zero-order valence-corrected chi connectivity index (χ0v) is 36.2. The second kappa shape index (κ2) is 21.5. The van der Waals surface area contributed by atoms with Gasteiger partial charge in [0.15, 0.2) is 0 Å². The number of carbonyl (C=O) groups excluding carboxylic acids is 7. The Morgan fingerprint density at radius 1 is 0.967 bits per heavy atom. The Morgan fingerprint density at radius 2 is 1.77 bits per heavy atom. The van der Waals surface area contributed by atoms with Crippen molar-refractivity contribution in [1.29, 1.82) is 0 Å². The molecule has 0 bridgehead atoms. The Kier molecular flexibility index (Phi) is 16.5. The van der Waals surface area contributed by atoms with Crippen molar-refractivity contribution in [3.63, 3.8) is 0 Å². The van der Waals surface area contributed by atoms with Crippen LogP contribution in [0.2, 0.25) is 0 Å². The molecule has 332 valence electrons. The normalized spacial score (nSPS) is 29.4. The Morgan fingerprint density at radius 3 is 2.52 bits per heavy atom. The summed E-state index contributed by atoms with van der Waals surface area (Å²) in [6, 6.07) is -1.50. The number of unbranched alkanes of at least 4 members (excludes halogenated alkanes) is 1. The van der Waals surface area contributed by atoms with Gasteiger partial charge < -0.3 is 20.7 Å². The number of carbonyl (C=O) groups is 7. The van der Waals surface area contributed by atoms with Crippen molar-refractivity contribution in [3.05, 3.63) is 0 Å². The van der Waals surface area contributed by atoms with E-state index in [4.69, 9.17) is 4.74 Å². The Labute approximate surface area is 357 Å². The van der Waals surface area contributed by atoms with Crippen LogP contribution in [-0.4, -0.2) is 127 Å². The fourth-order valence-corrected chi connectivity index (χ4v) is 11.5. The fourth-order valence-electron chi connectivity index (χ4n) is 9.41. The molecule has 6 rings (SSSR count). The van der Waals surface area contributed by atoms with E-state index in [9.17, 15) is 42.0 Å². The van der Waals surface area contributed by atoms with Crippen LogP contribution < -0.4 is 26.6 Å². The van der Waals surface area contributed by atoms with E-state index in [2.05, 4.69) is 38.4 Å². The molecule has 0 aromatic heterocycles. The molecule has 60 heavy (non-hydrogen) atoms. The molecule has 6 aliphatic rings. The van der Waals surface area contributed by atoms with E-state index >= 15 is 0 Å². The van der Waals surface area contributed by atoms with Crippen LogP contribution in [-0.2, 0) is 48.3 Å². The third kappa shape index (κ3) is 12.1. The summed E-state index contributed by atoms with van der Waals surface area (Å²) in [5.74, 6) is 3.32. The minimum Gasteiger partial charge on any atom is -0.381 e. The number of rotatable bonds is 17. The lowest BCUT2D eigenvalue weighted by Gasteiger charge is -2.28. The maximum Gasteiger partial charge on any atom is 0.249 e. The van der Waals surface area contributed by atoms with Crippen LogP contribution >= 0.6 is 11.8 Å². The highest BCUT2D eigenvalue weighted by atomic mass is 32.2. The predicted octanol–water partition coefficient (Wildman–Crippen LogP) is 0.731. The maximum atomic E-state index is 13.5. The zero-order chi connectivity index (χ0) is 42.8. The number of thioether (sulfide) groups is 1. The quantitative estimate of drug-likeness (QED) is 0.0775. The monoisotopic (exact) mass is 875 g/mol. The topological polar surface area (TPSA) is 229 Å². The highest BCUT2D eigenvalue weighted by molar-refractivity contribution is 8.00. The summed E-state index contributed by atoms with van der Waals surface area (Å²) in [6.07, 6.45) is 11.8. The number of hydrogen-bond acceptors (Lipinski definition) is 12. The molecule has 4 aliphatic heterocycles. The van der Waals surface area contributed by atoms with Gasteiger partial charge in [0.2, 0.25) is 51.4 Å². The molecule has 7 unspecified atom stereocenters. The van der Waals surface area contributed by atoms with E-state index in [1.807, 2.05) is 0 Å². The number of fused-ring (bicyclic) bond motifs is 1. The molecule has 6 fully saturated rings. The molecule has 17 nitrogen and oxygen atoms in total. The minimum absolute atomic E-state index is 0.0787. The van der Waals surface area contributed by atoms with Crippen molar-refractivity contribution in [3.8, 4) is 11.8 Å². The van der Waals surface area contributed by atoms with Crippen LogP contribution in [0.4, 0.5) is 0 Å². The number of nitrogens with zero attached hydrogens (tertiary/aromatic N) is 2. The first-order valence-electron chi connectivity index (χ1n) is 21.8. The summed E-state index contributed by atoms with van der Waals surface area (Å²) in [5.41, 5.74) is -0.267. The number of ether oxygens (including phenoxy) is 1. The summed E-state index contributed by atoms with van der Waals surface area (Å²) in [4.78, 5) is 90.9. The lowest BCUT2D eigenvalue weighted by atomic mass is 9.73. The molecular formula is C41H61N7O10S2. The van der Waals surface area contributed by atoms with Crippen molar-refractivity contribution in [2.24, 2.45) is 29.6 Å². The van der Waals surface area contributed by atoms with Crippen LogP contribution in [0.25, 0.3) is 0 Å². The van der Waals surface area contributed by atoms with Crippen molar-refractivity contribution < 1.29 is 46.7 Å². The molecule has 0 aromatic carbocycles. The third-order valence-corrected chi connectivity index (χ3v) is 15.2. The van der Waals surface area contributed by atoms with Crippen molar-refractivity contribution in [1.82, 2.24) is 35.8 Å². The molecule has 7 amide bonds. The first kappa shape index (κ1) is 45.9. The molecule has 2 saturated carbocycles. The second-order valence-electron chi connectivity index (χ2n) is 17.0. The van der Waals surface area contributed by atoms with Gasteiger partial charge in [-0.15, -0.1) is 17.7 Å². The Balaban J connectivity index is 0.880. The van der Waals surface area contributed by atoms with Gasteiger partial charge in [-0.1, -0.05) is 31.6 Å². The van der Waals surface area contributed by atoms with Gasteiger partial charge in [-0.05, 0) is 63.7 Å². The molecule has 2 aliphatic carbocycles. The Bertz CT molecular complexity index is 1800. The standard InChI is InChI=1S/C41H61N7O10S2/c1-60(56,57)47-21-18-28(24-47)36(51)43-30(37(52)46-41-44-31(25-59-41)26-10-4-2-5-11-26)19-23-58-22-9-15-33(49)42-20-7-3-6-12-27-13-8-14-29-35(27)40(55)48(39(29)54)32-16-17-34(50)45-38(32)53/h26-32,35,41,44H,2-5,7-11,13-25H2,1H3,(H,42,49)(H,43,51)(H,46,52)(H,45,50,53)/t27?,28?,29?,30-,31?,32?,35?,41?/m0/s1. The second-order valence-corrected chi connectivity index (χ2v) is 20.1. The van der Waals surface area contributed by atoms with E-state index in [1.54, 1.807) is 11.8 Å². The number of piperidine rings is 1. The van der Waals surface area contributed by atoms with Crippen molar-refractivity contribution in [2.75, 3.05) is 44.9 Å². The van der Waals surface area contributed by atoms with Gasteiger partial charge >= 0.3 is 0 Å². The number of likely N-dealkylation sites (tertiary alicyclic amines) is 1. The molecular weight excluding hydrogens is 815 g/mol. The largest absolute Gasteiger partial charge is 0.381 e. The van der Waals surface area contributed by atoms with E-state index in [0.717, 1.165) is 23.3 Å². The van der Waals surface area contributed by atoms with Gasteiger partial charge in [0.25, 0.3) is 0 Å². The van der Waals surface area contributed by atoms with Crippen molar-refractivity contribution >= 4 is 63.1 Å². The summed E-state index contributed by atoms with van der Waals surface area (Å²) in [6.45, 7) is 1.21. The summed E-state index contributed by atoms with van der Waals surface area (Å²) >= 11 is 1.65. The molecule has 0 radical (unpaired) electrons. The van der Waals surface area contributed by atoms with Gasteiger partial charge in [-0.3, -0.25) is 49.1 Å². The smallest absolute Gasteiger partial charge is 0.249 e. The van der Waals surface area contributed by atoms with Crippen LogP contribution in [0.3, 0.4) is 0 Å². The molecule has 8 atom stereocenters. The summed E-state index contributed by atoms with van der Waals surface area (Å²) < 4.78 is 31.1. The van der Waals surface area contributed by atoms with Crippen LogP contribution in [0.15, 0.2) is 0 Å². The van der Waals surface area contributed by atoms with Gasteiger partial charge in [0, 0.05) is 69.8 Å². The van der Waals surface area contributed by atoms with Crippen LogP contribution in [0, 0.1) is 41.4 Å². The molecule has 0 aromatic rings. The summed E-state index contributed by atoms with van der Waals surface area (Å²) in [5, 5.41) is 14.6. The highest BCUT2D eigenvalue weighted by Crippen LogP contribution is 2.43. The number of hydrogen-bond donors (Lipinski definition) is 5. The van der Waals surface area contributed by atoms with Gasteiger partial charge in [0.1, 0.15) is 17.6 Å². The third-order valence-electron chi connectivity index (χ3n) is 12.8. The molecule has 4 saturated heterocycles. The zero-order valence-electron chi connectivity index (χ0n) is 34.5.